The van der Waals surface area contributed by atoms with Crippen molar-refractivity contribution in [1.82, 2.24) is 25.3 Å². The van der Waals surface area contributed by atoms with Crippen LogP contribution in [0, 0.1) is 0 Å². The van der Waals surface area contributed by atoms with Gasteiger partial charge in [0.1, 0.15) is 0 Å². The molecule has 0 spiro atoms. The van der Waals surface area contributed by atoms with Crippen molar-refractivity contribution in [1.29, 1.82) is 0 Å². The van der Waals surface area contributed by atoms with Gasteiger partial charge in [-0.15, -0.1) is 24.0 Å². The smallest absolute Gasteiger partial charge is 0.191 e. The zero-order valence-electron chi connectivity index (χ0n) is 16.0. The second-order valence-electron chi connectivity index (χ2n) is 6.56. The maximum Gasteiger partial charge on any atom is 0.191 e. The van der Waals surface area contributed by atoms with Gasteiger partial charge in [-0.25, -0.2) is 4.99 Å². The fourth-order valence-electron chi connectivity index (χ4n) is 3.22. The van der Waals surface area contributed by atoms with Crippen molar-refractivity contribution >= 4 is 29.9 Å². The lowest BCUT2D eigenvalue weighted by atomic mass is 10.0. The Balaban J connectivity index is 0.00000312. The summed E-state index contributed by atoms with van der Waals surface area (Å²) in [5.74, 6) is 0.903. The summed E-state index contributed by atoms with van der Waals surface area (Å²) in [4.78, 5) is 7.36. The Bertz CT molecular complexity index is 502. The molecule has 0 amide bonds. The first-order valence-electron chi connectivity index (χ1n) is 9.47. The lowest BCUT2D eigenvalue weighted by molar-refractivity contribution is 0.147. The number of hydrogen-bond donors (Lipinski definition) is 2. The summed E-state index contributed by atoms with van der Waals surface area (Å²) in [7, 11) is 1.96. The van der Waals surface area contributed by atoms with E-state index >= 15 is 0 Å². The second kappa shape index (κ2) is 12.5. The van der Waals surface area contributed by atoms with Gasteiger partial charge in [0.05, 0.1) is 12.2 Å². The van der Waals surface area contributed by atoms with Crippen molar-refractivity contribution in [3.05, 3.63) is 18.0 Å². The molecule has 1 fully saturated rings. The fraction of sp³-hybridized carbons (Fsp3) is 0.778. The van der Waals surface area contributed by atoms with Gasteiger partial charge in [0.15, 0.2) is 5.96 Å². The van der Waals surface area contributed by atoms with Crippen LogP contribution >= 0.6 is 24.0 Å². The number of rotatable bonds is 8. The van der Waals surface area contributed by atoms with Crippen molar-refractivity contribution in [3.63, 3.8) is 0 Å². The van der Waals surface area contributed by atoms with E-state index < -0.39 is 0 Å². The quantitative estimate of drug-likeness (QED) is 0.355. The van der Waals surface area contributed by atoms with Crippen LogP contribution in [0.3, 0.4) is 0 Å². The monoisotopic (exact) mass is 462 g/mol. The van der Waals surface area contributed by atoms with Crippen LogP contribution in [0.1, 0.15) is 51.6 Å². The van der Waals surface area contributed by atoms with E-state index in [9.17, 15) is 0 Å². The van der Waals surface area contributed by atoms with E-state index in [2.05, 4.69) is 34.5 Å². The third-order valence-electron chi connectivity index (χ3n) is 4.72. The largest absolute Gasteiger partial charge is 0.357 e. The van der Waals surface area contributed by atoms with E-state index in [0.717, 1.165) is 24.7 Å². The number of aliphatic imine (C=N–C) groups is 1. The zero-order chi connectivity index (χ0) is 17.2. The van der Waals surface area contributed by atoms with E-state index in [1.165, 1.54) is 45.2 Å². The van der Waals surface area contributed by atoms with Gasteiger partial charge in [-0.3, -0.25) is 9.58 Å². The molecule has 2 heterocycles. The zero-order valence-corrected chi connectivity index (χ0v) is 18.3. The van der Waals surface area contributed by atoms with Gasteiger partial charge in [-0.2, -0.15) is 5.10 Å². The Labute approximate surface area is 169 Å². The number of halogens is 1. The Hall–Kier alpha value is -0.830. The maximum atomic E-state index is 4.70. The average Bonchev–Trinajstić information content (AvgIpc) is 3.01. The number of nitrogens with one attached hydrogen (secondary N) is 2. The van der Waals surface area contributed by atoms with Crippen LogP contribution < -0.4 is 10.6 Å². The summed E-state index contributed by atoms with van der Waals surface area (Å²) < 4.78 is 1.88. The van der Waals surface area contributed by atoms with Crippen LogP contribution in [0.15, 0.2) is 17.3 Å². The van der Waals surface area contributed by atoms with E-state index in [1.807, 2.05) is 24.0 Å². The summed E-state index contributed by atoms with van der Waals surface area (Å²) in [6.45, 7) is 9.35. The van der Waals surface area contributed by atoms with Gasteiger partial charge in [-0.1, -0.05) is 19.8 Å². The lowest BCUT2D eigenvalue weighted by Crippen LogP contribution is -2.49. The SMILES string of the molecule is CCCCN1CCCCC1CNC(=NCc1ccnn1C)NCC.I. The Morgan fingerprint density at radius 3 is 2.84 bits per heavy atom. The molecule has 1 aromatic heterocycles. The summed E-state index contributed by atoms with van der Waals surface area (Å²) in [6.07, 6.45) is 8.36. The van der Waals surface area contributed by atoms with Gasteiger partial charge in [0, 0.05) is 32.4 Å². The molecule has 1 atom stereocenters. The second-order valence-corrected chi connectivity index (χ2v) is 6.56. The first-order valence-corrected chi connectivity index (χ1v) is 9.47. The predicted molar refractivity (Wildman–Crippen MR) is 116 cm³/mol. The number of piperidine rings is 1. The summed E-state index contributed by atoms with van der Waals surface area (Å²) in [5.41, 5.74) is 1.12. The molecule has 1 aliphatic heterocycles. The number of nitrogens with zero attached hydrogens (tertiary/aromatic N) is 4. The van der Waals surface area contributed by atoms with E-state index in [4.69, 9.17) is 4.99 Å². The van der Waals surface area contributed by atoms with Crippen LogP contribution in [-0.2, 0) is 13.6 Å². The first-order chi connectivity index (χ1) is 11.7. The van der Waals surface area contributed by atoms with Gasteiger partial charge in [-0.05, 0) is 45.3 Å². The number of aromatic nitrogens is 2. The van der Waals surface area contributed by atoms with Crippen LogP contribution in [0.25, 0.3) is 0 Å². The molecular weight excluding hydrogens is 427 g/mol. The number of guanidine groups is 1. The van der Waals surface area contributed by atoms with Gasteiger partial charge in [0.2, 0.25) is 0 Å². The molecule has 144 valence electrons. The van der Waals surface area contributed by atoms with E-state index in [0.29, 0.717) is 12.6 Å². The average molecular weight is 462 g/mol. The topological polar surface area (TPSA) is 57.5 Å². The highest BCUT2D eigenvalue weighted by atomic mass is 127. The third kappa shape index (κ3) is 7.52. The van der Waals surface area contributed by atoms with Gasteiger partial charge >= 0.3 is 0 Å². The fourth-order valence-corrected chi connectivity index (χ4v) is 3.22. The molecule has 0 aliphatic carbocycles. The number of likely N-dealkylation sites (tertiary alicyclic amines) is 1. The molecule has 0 aromatic carbocycles. The van der Waals surface area contributed by atoms with E-state index in [1.54, 1.807) is 0 Å². The summed E-state index contributed by atoms with van der Waals surface area (Å²) >= 11 is 0. The molecule has 1 saturated heterocycles. The minimum Gasteiger partial charge on any atom is -0.357 e. The van der Waals surface area contributed by atoms with Crippen LogP contribution in [0.5, 0.6) is 0 Å². The third-order valence-corrected chi connectivity index (χ3v) is 4.72. The van der Waals surface area contributed by atoms with Crippen LogP contribution in [-0.4, -0.2) is 52.9 Å². The molecule has 1 unspecified atom stereocenters. The van der Waals surface area contributed by atoms with Gasteiger partial charge in [0.25, 0.3) is 0 Å². The van der Waals surface area contributed by atoms with Crippen molar-refractivity contribution in [3.8, 4) is 0 Å². The molecule has 0 saturated carbocycles. The molecule has 7 heteroatoms. The van der Waals surface area contributed by atoms with Crippen molar-refractivity contribution in [2.75, 3.05) is 26.2 Å². The van der Waals surface area contributed by atoms with Crippen LogP contribution in [0.4, 0.5) is 0 Å². The minimum absolute atomic E-state index is 0. The highest BCUT2D eigenvalue weighted by molar-refractivity contribution is 14.0. The lowest BCUT2D eigenvalue weighted by Gasteiger charge is -2.36. The molecular formula is C18H35IN6. The highest BCUT2D eigenvalue weighted by Crippen LogP contribution is 2.17. The minimum atomic E-state index is 0. The molecule has 6 nitrogen and oxygen atoms in total. The molecule has 2 N–H and O–H groups in total. The van der Waals surface area contributed by atoms with Crippen molar-refractivity contribution in [2.24, 2.45) is 12.0 Å². The number of aryl methyl sites for hydroxylation is 1. The Morgan fingerprint density at radius 2 is 2.16 bits per heavy atom. The highest BCUT2D eigenvalue weighted by Gasteiger charge is 2.21. The van der Waals surface area contributed by atoms with Gasteiger partial charge < -0.3 is 10.6 Å². The normalized spacial score (nSPS) is 18.7. The molecule has 2 rings (SSSR count). The predicted octanol–water partition coefficient (Wildman–Crippen LogP) is 2.75. The number of hydrogen-bond acceptors (Lipinski definition) is 3. The van der Waals surface area contributed by atoms with Crippen molar-refractivity contribution < 1.29 is 0 Å². The van der Waals surface area contributed by atoms with E-state index in [-0.39, 0.29) is 24.0 Å². The molecule has 0 radical (unpaired) electrons. The summed E-state index contributed by atoms with van der Waals surface area (Å²) in [6, 6.07) is 2.64. The molecule has 1 aliphatic rings. The molecule has 25 heavy (non-hydrogen) atoms. The standard InChI is InChI=1S/C18H34N6.HI/c1-4-6-12-24-13-8-7-9-17(24)15-21-18(19-5-2)20-14-16-10-11-22-23(16)3;/h10-11,17H,4-9,12-15H2,1-3H3,(H2,19,20,21);1H. The Morgan fingerprint density at radius 1 is 1.32 bits per heavy atom. The molecule has 1 aromatic rings. The number of unbranched alkanes of at least 4 members (excludes halogenated alkanes) is 1. The first kappa shape index (κ1) is 22.2. The maximum absolute atomic E-state index is 4.70. The Kier molecular flexibility index (Phi) is 11.1. The van der Waals surface area contributed by atoms with Crippen molar-refractivity contribution in [2.45, 2.75) is 58.5 Å². The molecule has 0 bridgehead atoms. The summed E-state index contributed by atoms with van der Waals surface area (Å²) in [5, 5.41) is 11.1. The van der Waals surface area contributed by atoms with Crippen LogP contribution in [0.2, 0.25) is 0 Å².